The zero-order valence-electron chi connectivity index (χ0n) is 11.5. The Hall–Kier alpha value is -0.660. The third kappa shape index (κ3) is 5.88. The highest BCUT2D eigenvalue weighted by Crippen LogP contribution is 2.31. The first-order valence-electron chi connectivity index (χ1n) is 6.53. The fraction of sp³-hybridized carbons (Fsp3) is 0.917. The number of nitrogens with one attached hydrogen (secondary N) is 1. The van der Waals surface area contributed by atoms with Crippen LogP contribution < -0.4 is 4.72 Å². The molecule has 1 aliphatic carbocycles. The lowest BCUT2D eigenvalue weighted by atomic mass is 9.79. The van der Waals surface area contributed by atoms with Crippen LogP contribution in [0.2, 0.25) is 0 Å². The molecule has 2 N–H and O–H groups in total. The van der Waals surface area contributed by atoms with Gasteiger partial charge in [0.2, 0.25) is 10.0 Å². The second-order valence-electron chi connectivity index (χ2n) is 5.39. The normalized spacial score (nSPS) is 28.1. The van der Waals surface area contributed by atoms with Gasteiger partial charge in [-0.05, 0) is 18.8 Å². The van der Waals surface area contributed by atoms with Crippen LogP contribution in [-0.4, -0.2) is 44.5 Å². The summed E-state index contributed by atoms with van der Waals surface area (Å²) in [4.78, 5) is 10.9. The average molecular weight is 293 g/mol. The number of hydrogen-bond donors (Lipinski definition) is 2. The minimum atomic E-state index is -3.55. The Balaban J connectivity index is 2.43. The molecule has 1 fully saturated rings. The van der Waals surface area contributed by atoms with Crippen molar-refractivity contribution in [3.05, 3.63) is 0 Å². The van der Waals surface area contributed by atoms with Gasteiger partial charge in [-0.25, -0.2) is 13.1 Å². The van der Waals surface area contributed by atoms with Gasteiger partial charge in [-0.1, -0.05) is 19.8 Å². The van der Waals surface area contributed by atoms with E-state index in [-0.39, 0.29) is 18.7 Å². The van der Waals surface area contributed by atoms with Crippen LogP contribution in [0.5, 0.6) is 0 Å². The Morgan fingerprint density at radius 2 is 2.21 bits per heavy atom. The zero-order chi connectivity index (χ0) is 14.5. The molecule has 0 spiro atoms. The summed E-state index contributed by atoms with van der Waals surface area (Å²) < 4.78 is 30.2. The van der Waals surface area contributed by atoms with Gasteiger partial charge in [0.25, 0.3) is 0 Å². The van der Waals surface area contributed by atoms with Crippen LogP contribution in [0.1, 0.15) is 39.0 Å². The first-order valence-corrected chi connectivity index (χ1v) is 8.18. The maximum absolute atomic E-state index is 11.7. The molecule has 2 unspecified atom stereocenters. The van der Waals surface area contributed by atoms with E-state index in [1.165, 1.54) is 7.11 Å². The summed E-state index contributed by atoms with van der Waals surface area (Å²) in [5.74, 6) is -0.473. The van der Waals surface area contributed by atoms with Crippen LogP contribution in [0.15, 0.2) is 0 Å². The smallest absolute Gasteiger partial charge is 0.306 e. The monoisotopic (exact) mass is 293 g/mol. The fourth-order valence-corrected chi connectivity index (χ4v) is 3.50. The molecule has 0 aromatic carbocycles. The summed E-state index contributed by atoms with van der Waals surface area (Å²) in [6.45, 7) is 2.07. The molecular weight excluding hydrogens is 270 g/mol. The number of hydrogen-bond acceptors (Lipinski definition) is 5. The number of carbonyl (C=O) groups is 1. The Morgan fingerprint density at radius 3 is 2.79 bits per heavy atom. The van der Waals surface area contributed by atoms with Crippen LogP contribution in [0.3, 0.4) is 0 Å². The highest BCUT2D eigenvalue weighted by atomic mass is 32.2. The molecule has 0 radical (unpaired) electrons. The van der Waals surface area contributed by atoms with Gasteiger partial charge < -0.3 is 9.84 Å². The second-order valence-corrected chi connectivity index (χ2v) is 7.32. The van der Waals surface area contributed by atoms with Crippen molar-refractivity contribution in [1.82, 2.24) is 4.72 Å². The molecule has 1 aliphatic rings. The number of carbonyl (C=O) groups excluding carboxylic acids is 1. The van der Waals surface area contributed by atoms with Gasteiger partial charge in [0.05, 0.1) is 24.9 Å². The lowest BCUT2D eigenvalue weighted by molar-refractivity contribution is -0.140. The predicted octanol–water partition coefficient (Wildman–Crippen LogP) is 0.410. The standard InChI is InChI=1S/C12H23NO5S/c1-10-4-3-6-12(15,8-10)9-13-19(16,17)7-5-11(14)18-2/h10,13,15H,3-9H2,1-2H3. The van der Waals surface area contributed by atoms with Gasteiger partial charge in [0, 0.05) is 6.54 Å². The largest absolute Gasteiger partial charge is 0.469 e. The van der Waals surface area contributed by atoms with Crippen molar-refractivity contribution in [1.29, 1.82) is 0 Å². The van der Waals surface area contributed by atoms with Gasteiger partial charge in [0.1, 0.15) is 0 Å². The molecule has 1 saturated carbocycles. The predicted molar refractivity (Wildman–Crippen MR) is 71.0 cm³/mol. The Labute approximate surface area is 114 Å². The first-order chi connectivity index (χ1) is 8.76. The highest BCUT2D eigenvalue weighted by molar-refractivity contribution is 7.89. The Bertz CT molecular complexity index is 408. The number of esters is 1. The maximum atomic E-state index is 11.7. The van der Waals surface area contributed by atoms with E-state index in [4.69, 9.17) is 0 Å². The molecule has 112 valence electrons. The van der Waals surface area contributed by atoms with Crippen LogP contribution in [0.4, 0.5) is 0 Å². The molecule has 2 atom stereocenters. The number of methoxy groups -OCH3 is 1. The molecule has 19 heavy (non-hydrogen) atoms. The first kappa shape index (κ1) is 16.4. The summed E-state index contributed by atoms with van der Waals surface area (Å²) in [5, 5.41) is 10.3. The van der Waals surface area contributed by atoms with E-state index in [1.807, 2.05) is 0 Å². The summed E-state index contributed by atoms with van der Waals surface area (Å²) in [5.41, 5.74) is -0.962. The third-order valence-electron chi connectivity index (χ3n) is 3.49. The molecule has 7 heteroatoms. The average Bonchev–Trinajstić information content (AvgIpc) is 2.34. The van der Waals surface area contributed by atoms with Crippen molar-refractivity contribution in [2.75, 3.05) is 19.4 Å². The van der Waals surface area contributed by atoms with Gasteiger partial charge in [-0.15, -0.1) is 0 Å². The number of rotatable bonds is 6. The summed E-state index contributed by atoms with van der Waals surface area (Å²) in [6, 6.07) is 0. The maximum Gasteiger partial charge on any atom is 0.306 e. The number of sulfonamides is 1. The van der Waals surface area contributed by atoms with E-state index in [9.17, 15) is 18.3 Å². The fourth-order valence-electron chi connectivity index (χ4n) is 2.43. The van der Waals surface area contributed by atoms with Crippen molar-refractivity contribution in [2.24, 2.45) is 5.92 Å². The number of ether oxygens (including phenoxy) is 1. The Morgan fingerprint density at radius 1 is 1.53 bits per heavy atom. The van der Waals surface area contributed by atoms with Crippen molar-refractivity contribution < 1.29 is 23.1 Å². The van der Waals surface area contributed by atoms with E-state index in [0.717, 1.165) is 12.8 Å². The van der Waals surface area contributed by atoms with E-state index < -0.39 is 21.6 Å². The van der Waals surface area contributed by atoms with Gasteiger partial charge >= 0.3 is 5.97 Å². The van der Waals surface area contributed by atoms with Gasteiger partial charge in [0.15, 0.2) is 0 Å². The molecule has 0 bridgehead atoms. The molecule has 6 nitrogen and oxygen atoms in total. The van der Waals surface area contributed by atoms with Gasteiger partial charge in [-0.2, -0.15) is 0 Å². The highest BCUT2D eigenvalue weighted by Gasteiger charge is 2.33. The molecule has 0 heterocycles. The number of aliphatic hydroxyl groups is 1. The summed E-state index contributed by atoms with van der Waals surface area (Å²) >= 11 is 0. The molecule has 0 aromatic rings. The van der Waals surface area contributed by atoms with E-state index in [2.05, 4.69) is 16.4 Å². The van der Waals surface area contributed by atoms with E-state index in [0.29, 0.717) is 18.8 Å². The molecule has 0 amide bonds. The molecule has 0 aromatic heterocycles. The zero-order valence-corrected chi connectivity index (χ0v) is 12.3. The summed E-state index contributed by atoms with van der Waals surface area (Å²) in [6.07, 6.45) is 3.00. The van der Waals surface area contributed by atoms with Crippen LogP contribution in [0.25, 0.3) is 0 Å². The second kappa shape index (κ2) is 6.67. The van der Waals surface area contributed by atoms with Crippen molar-refractivity contribution in [3.8, 4) is 0 Å². The lowest BCUT2D eigenvalue weighted by Gasteiger charge is -2.35. The topological polar surface area (TPSA) is 92.7 Å². The minimum Gasteiger partial charge on any atom is -0.469 e. The molecular formula is C12H23NO5S. The van der Waals surface area contributed by atoms with Crippen LogP contribution >= 0.6 is 0 Å². The van der Waals surface area contributed by atoms with E-state index in [1.54, 1.807) is 0 Å². The molecule has 1 rings (SSSR count). The van der Waals surface area contributed by atoms with Crippen molar-refractivity contribution in [3.63, 3.8) is 0 Å². The van der Waals surface area contributed by atoms with Gasteiger partial charge in [-0.3, -0.25) is 4.79 Å². The van der Waals surface area contributed by atoms with Crippen molar-refractivity contribution in [2.45, 2.75) is 44.6 Å². The van der Waals surface area contributed by atoms with Crippen LogP contribution in [-0.2, 0) is 19.6 Å². The van der Waals surface area contributed by atoms with Crippen LogP contribution in [0, 0.1) is 5.92 Å². The molecule has 0 aliphatic heterocycles. The minimum absolute atomic E-state index is 0.0147. The quantitative estimate of drug-likeness (QED) is 0.692. The lowest BCUT2D eigenvalue weighted by Crippen LogP contribution is -2.46. The summed E-state index contributed by atoms with van der Waals surface area (Å²) in [7, 11) is -2.34. The Kier molecular flexibility index (Phi) is 5.76. The SMILES string of the molecule is COC(=O)CCS(=O)(=O)NCC1(O)CCCC(C)C1. The van der Waals surface area contributed by atoms with Crippen molar-refractivity contribution >= 4 is 16.0 Å². The molecule has 0 saturated heterocycles. The third-order valence-corrected chi connectivity index (χ3v) is 4.82. The van der Waals surface area contributed by atoms with E-state index >= 15 is 0 Å².